The Labute approximate surface area is 172 Å². The van der Waals surface area contributed by atoms with Gasteiger partial charge in [0.15, 0.2) is 0 Å². The van der Waals surface area contributed by atoms with Crippen LogP contribution in [0.1, 0.15) is 56.1 Å². The quantitative estimate of drug-likeness (QED) is 0.424. The van der Waals surface area contributed by atoms with Gasteiger partial charge in [-0.25, -0.2) is 0 Å². The van der Waals surface area contributed by atoms with Gasteiger partial charge in [0, 0.05) is 5.92 Å². The van der Waals surface area contributed by atoms with Crippen LogP contribution in [0.4, 0.5) is 0 Å². The fourth-order valence-corrected chi connectivity index (χ4v) is 5.01. The normalized spacial score (nSPS) is 27.0. The highest BCUT2D eigenvalue weighted by Gasteiger charge is 2.42. The summed E-state index contributed by atoms with van der Waals surface area (Å²) in [4.78, 5) is 2.27. The summed E-state index contributed by atoms with van der Waals surface area (Å²) in [5.74, 6) is 1.60. The average Bonchev–Trinajstić information content (AvgIpc) is 3.17. The Kier molecular flexibility index (Phi) is 7.93. The fraction of sp³-hybridized carbons (Fsp3) is 0.615. The molecule has 0 unspecified atom stereocenters. The second-order valence-electron chi connectivity index (χ2n) is 9.30. The van der Waals surface area contributed by atoms with E-state index in [9.17, 15) is 5.11 Å². The molecule has 1 aromatic rings. The summed E-state index contributed by atoms with van der Waals surface area (Å²) in [5, 5.41) is 10.5. The van der Waals surface area contributed by atoms with Crippen LogP contribution < -0.4 is 0 Å². The Morgan fingerprint density at radius 3 is 2.61 bits per heavy atom. The van der Waals surface area contributed by atoms with Gasteiger partial charge in [-0.15, -0.1) is 0 Å². The molecule has 1 saturated carbocycles. The van der Waals surface area contributed by atoms with Crippen LogP contribution >= 0.6 is 0 Å². The van der Waals surface area contributed by atoms with Crippen LogP contribution in [-0.2, 0) is 6.42 Å². The Morgan fingerprint density at radius 2 is 1.86 bits per heavy atom. The third kappa shape index (κ3) is 6.06. The van der Waals surface area contributed by atoms with Crippen molar-refractivity contribution in [2.75, 3.05) is 20.6 Å². The van der Waals surface area contributed by atoms with Crippen molar-refractivity contribution in [1.29, 1.82) is 0 Å². The number of fused-ring (bicyclic) bond motifs is 1. The summed E-state index contributed by atoms with van der Waals surface area (Å²) in [5.41, 5.74) is 4.38. The topological polar surface area (TPSA) is 23.5 Å². The smallest absolute Gasteiger partial charge is 0.0611 e. The van der Waals surface area contributed by atoms with Crippen molar-refractivity contribution in [3.8, 4) is 0 Å². The van der Waals surface area contributed by atoms with Crippen LogP contribution in [-0.4, -0.2) is 36.8 Å². The maximum Gasteiger partial charge on any atom is 0.0611 e. The van der Waals surface area contributed by atoms with Crippen LogP contribution in [0.2, 0.25) is 0 Å². The van der Waals surface area contributed by atoms with Gasteiger partial charge in [-0.1, -0.05) is 60.1 Å². The van der Waals surface area contributed by atoms with Crippen LogP contribution in [0.5, 0.6) is 0 Å². The first-order chi connectivity index (χ1) is 13.5. The largest absolute Gasteiger partial charge is 0.392 e. The molecule has 0 bridgehead atoms. The molecule has 2 aliphatic carbocycles. The van der Waals surface area contributed by atoms with Gasteiger partial charge in [0.05, 0.1) is 6.10 Å². The fourth-order valence-electron chi connectivity index (χ4n) is 5.01. The number of aryl methyl sites for hydroxylation is 2. The summed E-state index contributed by atoms with van der Waals surface area (Å²) in [7, 11) is 4.31. The second kappa shape index (κ2) is 10.4. The summed E-state index contributed by atoms with van der Waals surface area (Å²) < 4.78 is 0. The number of rotatable bonds is 10. The maximum atomic E-state index is 10.5. The zero-order valence-electron chi connectivity index (χ0n) is 18.1. The Morgan fingerprint density at radius 1 is 1.07 bits per heavy atom. The summed E-state index contributed by atoms with van der Waals surface area (Å²) in [6.07, 6.45) is 16.5. The molecule has 4 atom stereocenters. The van der Waals surface area contributed by atoms with Gasteiger partial charge in [-0.05, 0) is 89.9 Å². The lowest BCUT2D eigenvalue weighted by Crippen LogP contribution is -2.17. The zero-order chi connectivity index (χ0) is 19.9. The number of nitrogens with zero attached hydrogens (tertiary/aromatic N) is 1. The third-order valence-electron chi connectivity index (χ3n) is 6.63. The van der Waals surface area contributed by atoms with Crippen molar-refractivity contribution in [3.63, 3.8) is 0 Å². The van der Waals surface area contributed by atoms with Gasteiger partial charge in [0.2, 0.25) is 0 Å². The van der Waals surface area contributed by atoms with Crippen LogP contribution in [0.25, 0.3) is 0 Å². The van der Waals surface area contributed by atoms with Gasteiger partial charge in [-0.2, -0.15) is 0 Å². The monoisotopic (exact) mass is 381 g/mol. The number of hydrogen-bond donors (Lipinski definition) is 1. The van der Waals surface area contributed by atoms with E-state index in [0.717, 1.165) is 19.3 Å². The van der Waals surface area contributed by atoms with Gasteiger partial charge in [0.25, 0.3) is 0 Å². The number of unbranched alkanes of at least 4 members (excludes halogenated alkanes) is 2. The second-order valence-corrected chi connectivity index (χ2v) is 9.30. The van der Waals surface area contributed by atoms with E-state index >= 15 is 0 Å². The lowest BCUT2D eigenvalue weighted by atomic mass is 9.88. The van der Waals surface area contributed by atoms with E-state index in [2.05, 4.69) is 68.4 Å². The molecule has 2 aliphatic rings. The first kappa shape index (κ1) is 21.3. The molecule has 2 heteroatoms. The summed E-state index contributed by atoms with van der Waals surface area (Å²) in [6, 6.07) is 8.85. The molecule has 0 saturated heterocycles. The molecular formula is C26H39NO. The number of allylic oxidation sites excluding steroid dienone is 3. The number of aliphatic hydroxyl groups excluding tert-OH is 1. The molecule has 0 radical (unpaired) electrons. The van der Waals surface area contributed by atoms with E-state index in [1.54, 1.807) is 5.57 Å². The predicted octanol–water partition coefficient (Wildman–Crippen LogP) is 5.55. The predicted molar refractivity (Wildman–Crippen MR) is 119 cm³/mol. The van der Waals surface area contributed by atoms with Gasteiger partial charge < -0.3 is 10.0 Å². The van der Waals surface area contributed by atoms with E-state index in [4.69, 9.17) is 0 Å². The van der Waals surface area contributed by atoms with E-state index in [1.807, 2.05) is 0 Å². The molecule has 1 fully saturated rings. The van der Waals surface area contributed by atoms with Crippen LogP contribution in [0.15, 0.2) is 48.1 Å². The highest BCUT2D eigenvalue weighted by atomic mass is 16.3. The number of benzene rings is 1. The number of aliphatic hydroxyl groups is 1. The third-order valence-corrected chi connectivity index (χ3v) is 6.63. The minimum Gasteiger partial charge on any atom is -0.392 e. The average molecular weight is 382 g/mol. The molecule has 0 aliphatic heterocycles. The first-order valence-corrected chi connectivity index (χ1v) is 11.3. The van der Waals surface area contributed by atoms with Gasteiger partial charge >= 0.3 is 0 Å². The lowest BCUT2D eigenvalue weighted by molar-refractivity contribution is 0.141. The SMILES string of the molecule is Cc1ccc(CC/C=C/[C@@H]2[C@H]3CC(CCCCCN(C)C)=C[C@H]3C[C@H]2O)cc1. The molecule has 0 heterocycles. The van der Waals surface area contributed by atoms with Crippen LogP contribution in [0.3, 0.4) is 0 Å². The van der Waals surface area contributed by atoms with E-state index in [-0.39, 0.29) is 6.10 Å². The van der Waals surface area contributed by atoms with Gasteiger partial charge in [0.1, 0.15) is 0 Å². The molecule has 1 aromatic carbocycles. The highest BCUT2D eigenvalue weighted by Crippen LogP contribution is 2.48. The minimum absolute atomic E-state index is 0.150. The summed E-state index contributed by atoms with van der Waals surface area (Å²) >= 11 is 0. The molecule has 0 amide bonds. The molecule has 154 valence electrons. The number of hydrogen-bond acceptors (Lipinski definition) is 2. The van der Waals surface area contributed by atoms with Crippen molar-refractivity contribution < 1.29 is 5.11 Å². The molecule has 0 aromatic heterocycles. The van der Waals surface area contributed by atoms with E-state index < -0.39 is 0 Å². The maximum absolute atomic E-state index is 10.5. The van der Waals surface area contributed by atoms with Crippen molar-refractivity contribution in [3.05, 3.63) is 59.2 Å². The lowest BCUT2D eigenvalue weighted by Gasteiger charge is -2.18. The Hall–Kier alpha value is -1.38. The molecule has 2 nitrogen and oxygen atoms in total. The first-order valence-electron chi connectivity index (χ1n) is 11.3. The van der Waals surface area contributed by atoms with Crippen molar-refractivity contribution >= 4 is 0 Å². The van der Waals surface area contributed by atoms with Gasteiger partial charge in [-0.3, -0.25) is 0 Å². The van der Waals surface area contributed by atoms with Crippen molar-refractivity contribution in [1.82, 2.24) is 4.90 Å². The minimum atomic E-state index is -0.150. The van der Waals surface area contributed by atoms with E-state index in [1.165, 1.54) is 49.8 Å². The molecular weight excluding hydrogens is 342 g/mol. The van der Waals surface area contributed by atoms with Crippen molar-refractivity contribution in [2.24, 2.45) is 17.8 Å². The van der Waals surface area contributed by atoms with Crippen LogP contribution in [0, 0.1) is 24.7 Å². The van der Waals surface area contributed by atoms with E-state index in [0.29, 0.717) is 17.8 Å². The van der Waals surface area contributed by atoms with Crippen molar-refractivity contribution in [2.45, 2.75) is 64.4 Å². The molecule has 28 heavy (non-hydrogen) atoms. The molecule has 0 spiro atoms. The standard InChI is InChI=1S/C26H39NO/c1-20-12-14-21(15-13-20)9-6-7-11-24-25-18-22(17-23(25)19-26(24)28)10-5-4-8-16-27(2)3/h7,11-15,17,23-26,28H,4-6,8-10,16,18-19H2,1-3H3/b11-7+/t23-,24+,25-,26+/m0/s1. The summed E-state index contributed by atoms with van der Waals surface area (Å²) in [6.45, 7) is 3.33. The Bertz CT molecular complexity index is 658. The Balaban J connectivity index is 1.41. The molecule has 3 rings (SSSR count). The molecule has 1 N–H and O–H groups in total. The zero-order valence-corrected chi connectivity index (χ0v) is 18.1. The highest BCUT2D eigenvalue weighted by molar-refractivity contribution is 5.23.